The Kier molecular flexibility index (Phi) is 7.30. The lowest BCUT2D eigenvalue weighted by molar-refractivity contribution is 0.242. The monoisotopic (exact) mass is 396 g/mol. The molecule has 0 aliphatic carbocycles. The first kappa shape index (κ1) is 20.9. The summed E-state index contributed by atoms with van der Waals surface area (Å²) in [6.07, 6.45) is 2.04. The summed E-state index contributed by atoms with van der Waals surface area (Å²) in [4.78, 5) is 13.8. The van der Waals surface area contributed by atoms with Crippen molar-refractivity contribution in [2.75, 3.05) is 42.9 Å². The number of anilines is 2. The minimum absolute atomic E-state index is 0.154. The van der Waals surface area contributed by atoms with Gasteiger partial charge in [0.15, 0.2) is 5.96 Å². The smallest absolute Gasteiger partial charge is 0.193 e. The van der Waals surface area contributed by atoms with Gasteiger partial charge < -0.3 is 25.6 Å². The van der Waals surface area contributed by atoms with Gasteiger partial charge in [0, 0.05) is 38.1 Å². The molecule has 156 valence electrons. The third-order valence-corrected chi connectivity index (χ3v) is 4.88. The fraction of sp³-hybridized carbons (Fsp3) is 0.455. The number of hydrogen-bond donors (Lipinski definition) is 2. The summed E-state index contributed by atoms with van der Waals surface area (Å²) >= 11 is 0. The van der Waals surface area contributed by atoms with E-state index in [4.69, 9.17) is 10.5 Å². The Morgan fingerprint density at radius 1 is 1.14 bits per heavy atom. The summed E-state index contributed by atoms with van der Waals surface area (Å²) in [5, 5.41) is 3.10. The van der Waals surface area contributed by atoms with Crippen LogP contribution in [0.5, 0.6) is 5.75 Å². The van der Waals surface area contributed by atoms with Crippen LogP contribution in [-0.4, -0.2) is 54.7 Å². The van der Waals surface area contributed by atoms with Crippen LogP contribution in [0.15, 0.2) is 47.6 Å². The van der Waals surface area contributed by atoms with Gasteiger partial charge >= 0.3 is 0 Å². The molecule has 0 atom stereocenters. The van der Waals surface area contributed by atoms with E-state index in [0.29, 0.717) is 12.5 Å². The molecule has 1 aromatic heterocycles. The molecule has 2 heterocycles. The second kappa shape index (κ2) is 10.1. The molecule has 1 aliphatic heterocycles. The molecule has 2 aromatic rings. The van der Waals surface area contributed by atoms with Crippen LogP contribution in [0, 0.1) is 0 Å². The van der Waals surface area contributed by atoms with E-state index >= 15 is 0 Å². The SMILES string of the molecule is CCN1CCN(c2ccc(CN=C(N)Nc3ccc(OC(C)C)cc3)cn2)CC1. The largest absolute Gasteiger partial charge is 0.491 e. The maximum absolute atomic E-state index is 6.02. The van der Waals surface area contributed by atoms with E-state index in [1.807, 2.05) is 44.3 Å². The third-order valence-electron chi connectivity index (χ3n) is 4.88. The van der Waals surface area contributed by atoms with E-state index in [9.17, 15) is 0 Å². The second-order valence-corrected chi connectivity index (χ2v) is 7.46. The van der Waals surface area contributed by atoms with E-state index in [1.54, 1.807) is 0 Å². The molecule has 3 rings (SSSR count). The van der Waals surface area contributed by atoms with Crippen molar-refractivity contribution in [1.29, 1.82) is 0 Å². The van der Waals surface area contributed by atoms with Gasteiger partial charge in [-0.2, -0.15) is 0 Å². The highest BCUT2D eigenvalue weighted by atomic mass is 16.5. The number of benzene rings is 1. The minimum Gasteiger partial charge on any atom is -0.491 e. The standard InChI is InChI=1S/C22H32N6O/c1-4-27-11-13-28(14-12-27)21-10-5-18(15-24-21)16-25-22(23)26-19-6-8-20(9-7-19)29-17(2)3/h5-10,15,17H,4,11-14,16H2,1-3H3,(H3,23,25,26). The minimum atomic E-state index is 0.154. The Morgan fingerprint density at radius 2 is 1.86 bits per heavy atom. The lowest BCUT2D eigenvalue weighted by Crippen LogP contribution is -2.46. The maximum atomic E-state index is 6.02. The molecule has 7 heteroatoms. The van der Waals surface area contributed by atoms with Gasteiger partial charge in [0.05, 0.1) is 12.6 Å². The number of nitrogens with zero attached hydrogens (tertiary/aromatic N) is 4. The van der Waals surface area contributed by atoms with Gasteiger partial charge in [-0.25, -0.2) is 9.98 Å². The molecule has 1 aliphatic rings. The molecule has 1 aromatic carbocycles. The highest BCUT2D eigenvalue weighted by Crippen LogP contribution is 2.17. The molecular formula is C22H32N6O. The van der Waals surface area contributed by atoms with Crippen molar-refractivity contribution in [2.45, 2.75) is 33.4 Å². The van der Waals surface area contributed by atoms with Gasteiger partial charge in [-0.3, -0.25) is 0 Å². The Labute approximate surface area is 173 Å². The van der Waals surface area contributed by atoms with Crippen molar-refractivity contribution in [3.05, 3.63) is 48.2 Å². The summed E-state index contributed by atoms with van der Waals surface area (Å²) in [6, 6.07) is 11.8. The van der Waals surface area contributed by atoms with Gasteiger partial charge in [-0.1, -0.05) is 13.0 Å². The van der Waals surface area contributed by atoms with E-state index in [2.05, 4.69) is 44.1 Å². The molecule has 3 N–H and O–H groups in total. The zero-order valence-corrected chi connectivity index (χ0v) is 17.6. The molecule has 1 saturated heterocycles. The lowest BCUT2D eigenvalue weighted by Gasteiger charge is -2.34. The number of guanidine groups is 1. The van der Waals surface area contributed by atoms with Gasteiger partial charge in [0.25, 0.3) is 0 Å². The molecule has 0 unspecified atom stereocenters. The van der Waals surface area contributed by atoms with E-state index < -0.39 is 0 Å². The first-order valence-corrected chi connectivity index (χ1v) is 10.3. The number of nitrogens with one attached hydrogen (secondary N) is 1. The van der Waals surface area contributed by atoms with Crippen LogP contribution in [0.25, 0.3) is 0 Å². The van der Waals surface area contributed by atoms with Crippen LogP contribution in [0.1, 0.15) is 26.3 Å². The number of hydrogen-bond acceptors (Lipinski definition) is 5. The summed E-state index contributed by atoms with van der Waals surface area (Å²) in [7, 11) is 0. The highest BCUT2D eigenvalue weighted by molar-refractivity contribution is 5.92. The Balaban J connectivity index is 1.50. The maximum Gasteiger partial charge on any atom is 0.193 e. The van der Waals surface area contributed by atoms with Crippen molar-refractivity contribution < 1.29 is 4.74 Å². The number of likely N-dealkylation sites (N-methyl/N-ethyl adjacent to an activating group) is 1. The molecule has 0 radical (unpaired) electrons. The van der Waals surface area contributed by atoms with Crippen LogP contribution in [0.3, 0.4) is 0 Å². The molecule has 0 saturated carbocycles. The van der Waals surface area contributed by atoms with Gasteiger partial charge in [0.1, 0.15) is 11.6 Å². The van der Waals surface area contributed by atoms with Crippen molar-refractivity contribution in [2.24, 2.45) is 10.7 Å². The lowest BCUT2D eigenvalue weighted by atomic mass is 10.2. The highest BCUT2D eigenvalue weighted by Gasteiger charge is 2.16. The average molecular weight is 397 g/mol. The van der Waals surface area contributed by atoms with E-state index in [-0.39, 0.29) is 6.10 Å². The number of ether oxygens (including phenoxy) is 1. The number of aromatic nitrogens is 1. The van der Waals surface area contributed by atoms with Gasteiger partial charge in [-0.15, -0.1) is 0 Å². The normalized spacial score (nSPS) is 15.6. The zero-order valence-electron chi connectivity index (χ0n) is 17.6. The number of aliphatic imine (C=N–C) groups is 1. The quantitative estimate of drug-likeness (QED) is 0.553. The van der Waals surface area contributed by atoms with Crippen LogP contribution in [0.4, 0.5) is 11.5 Å². The molecule has 0 bridgehead atoms. The van der Waals surface area contributed by atoms with Crippen molar-refractivity contribution in [3.63, 3.8) is 0 Å². The number of pyridine rings is 1. The zero-order chi connectivity index (χ0) is 20.6. The number of rotatable bonds is 7. The van der Waals surface area contributed by atoms with E-state index in [1.165, 1.54) is 0 Å². The summed E-state index contributed by atoms with van der Waals surface area (Å²) < 4.78 is 5.64. The van der Waals surface area contributed by atoms with Crippen LogP contribution < -0.4 is 20.7 Å². The topological polar surface area (TPSA) is 79.0 Å². The molecule has 1 fully saturated rings. The summed E-state index contributed by atoms with van der Waals surface area (Å²) in [5.74, 6) is 2.24. The fourth-order valence-corrected chi connectivity index (χ4v) is 3.24. The predicted molar refractivity (Wildman–Crippen MR) is 120 cm³/mol. The van der Waals surface area contributed by atoms with Crippen LogP contribution in [0.2, 0.25) is 0 Å². The van der Waals surface area contributed by atoms with Gasteiger partial charge in [0.2, 0.25) is 0 Å². The third kappa shape index (κ3) is 6.35. The predicted octanol–water partition coefficient (Wildman–Crippen LogP) is 2.94. The Hall–Kier alpha value is -2.80. The number of nitrogens with two attached hydrogens (primary N) is 1. The first-order valence-electron chi connectivity index (χ1n) is 10.3. The molecule has 0 amide bonds. The van der Waals surface area contributed by atoms with Crippen molar-refractivity contribution in [3.8, 4) is 5.75 Å². The Morgan fingerprint density at radius 3 is 2.45 bits per heavy atom. The summed E-state index contributed by atoms with van der Waals surface area (Å²) in [5.41, 5.74) is 7.93. The van der Waals surface area contributed by atoms with E-state index in [0.717, 1.165) is 55.5 Å². The Bertz CT molecular complexity index is 780. The second-order valence-electron chi connectivity index (χ2n) is 7.46. The summed E-state index contributed by atoms with van der Waals surface area (Å²) in [6.45, 7) is 12.1. The molecule has 7 nitrogen and oxygen atoms in total. The van der Waals surface area contributed by atoms with Crippen LogP contribution >= 0.6 is 0 Å². The van der Waals surface area contributed by atoms with Crippen molar-refractivity contribution in [1.82, 2.24) is 9.88 Å². The average Bonchev–Trinajstić information content (AvgIpc) is 2.74. The first-order chi connectivity index (χ1) is 14.0. The molecular weight excluding hydrogens is 364 g/mol. The molecule has 29 heavy (non-hydrogen) atoms. The number of piperazine rings is 1. The molecule has 0 spiro atoms. The van der Waals surface area contributed by atoms with Crippen molar-refractivity contribution >= 4 is 17.5 Å². The van der Waals surface area contributed by atoms with Crippen LogP contribution in [-0.2, 0) is 6.54 Å². The van der Waals surface area contributed by atoms with Gasteiger partial charge in [-0.05, 0) is 56.3 Å². The fourth-order valence-electron chi connectivity index (χ4n) is 3.24.